The molecule has 1 rings (SSSR count). The maximum Gasteiger partial charge on any atom is 0.234 e. The summed E-state index contributed by atoms with van der Waals surface area (Å²) in [4.78, 5) is 11.6. The van der Waals surface area contributed by atoms with Gasteiger partial charge >= 0.3 is 0 Å². The molecule has 1 aliphatic carbocycles. The molecular formula is C13H26N2O2. The van der Waals surface area contributed by atoms with Gasteiger partial charge in [-0.05, 0) is 32.6 Å². The molecule has 0 aromatic heterocycles. The maximum absolute atomic E-state index is 11.6. The minimum atomic E-state index is -0.00465. The third kappa shape index (κ3) is 4.64. The van der Waals surface area contributed by atoms with Crippen LogP contribution in [-0.2, 0) is 9.53 Å². The topological polar surface area (TPSA) is 50.4 Å². The highest BCUT2D eigenvalue weighted by atomic mass is 16.5. The van der Waals surface area contributed by atoms with Gasteiger partial charge in [0.05, 0.1) is 12.1 Å². The molecule has 17 heavy (non-hydrogen) atoms. The predicted octanol–water partition coefficient (Wildman–Crippen LogP) is 1.45. The SMILES string of the molecule is CCCC(C)NC(=O)CNCC1(OC)CCC1. The summed E-state index contributed by atoms with van der Waals surface area (Å²) in [5, 5.41) is 6.17. The molecule has 1 saturated carbocycles. The maximum atomic E-state index is 11.6. The number of hydrogen-bond donors (Lipinski definition) is 2. The van der Waals surface area contributed by atoms with E-state index in [1.165, 1.54) is 6.42 Å². The Kier molecular flexibility index (Phi) is 5.92. The van der Waals surface area contributed by atoms with Crippen LogP contribution in [0.1, 0.15) is 46.0 Å². The average Bonchev–Trinajstić information content (AvgIpc) is 2.22. The van der Waals surface area contributed by atoms with Crippen LogP contribution in [0.5, 0.6) is 0 Å². The summed E-state index contributed by atoms with van der Waals surface area (Å²) in [6.45, 7) is 5.34. The molecule has 1 aliphatic rings. The molecule has 1 atom stereocenters. The van der Waals surface area contributed by atoms with Crippen molar-refractivity contribution in [1.82, 2.24) is 10.6 Å². The van der Waals surface area contributed by atoms with Gasteiger partial charge in [0.25, 0.3) is 0 Å². The van der Waals surface area contributed by atoms with Gasteiger partial charge in [-0.2, -0.15) is 0 Å². The van der Waals surface area contributed by atoms with Crippen molar-refractivity contribution in [3.63, 3.8) is 0 Å². The lowest BCUT2D eigenvalue weighted by molar-refractivity contribution is -0.121. The molecule has 4 nitrogen and oxygen atoms in total. The monoisotopic (exact) mass is 242 g/mol. The second kappa shape index (κ2) is 6.97. The van der Waals surface area contributed by atoms with Crippen LogP contribution in [0.3, 0.4) is 0 Å². The number of amides is 1. The summed E-state index contributed by atoms with van der Waals surface area (Å²) >= 11 is 0. The van der Waals surface area contributed by atoms with Crippen LogP contribution < -0.4 is 10.6 Å². The highest BCUT2D eigenvalue weighted by Crippen LogP contribution is 2.34. The smallest absolute Gasteiger partial charge is 0.234 e. The Labute approximate surface area is 104 Å². The summed E-state index contributed by atoms with van der Waals surface area (Å²) in [5.41, 5.74) is -0.00465. The lowest BCUT2D eigenvalue weighted by Crippen LogP contribution is -2.50. The predicted molar refractivity (Wildman–Crippen MR) is 69.0 cm³/mol. The third-order valence-corrected chi connectivity index (χ3v) is 3.56. The van der Waals surface area contributed by atoms with Crippen LogP contribution in [0.25, 0.3) is 0 Å². The van der Waals surface area contributed by atoms with Gasteiger partial charge in [0.2, 0.25) is 5.91 Å². The summed E-state index contributed by atoms with van der Waals surface area (Å²) in [7, 11) is 1.75. The highest BCUT2D eigenvalue weighted by molar-refractivity contribution is 5.78. The molecule has 2 N–H and O–H groups in total. The fourth-order valence-electron chi connectivity index (χ4n) is 2.26. The molecule has 0 aromatic carbocycles. The summed E-state index contributed by atoms with van der Waals surface area (Å²) in [5.74, 6) is 0.0801. The van der Waals surface area contributed by atoms with E-state index in [4.69, 9.17) is 4.74 Å². The van der Waals surface area contributed by atoms with Gasteiger partial charge in [-0.25, -0.2) is 0 Å². The first-order valence-corrected chi connectivity index (χ1v) is 6.67. The molecule has 1 fully saturated rings. The molecule has 4 heteroatoms. The van der Waals surface area contributed by atoms with E-state index in [1.54, 1.807) is 7.11 Å². The Balaban J connectivity index is 2.11. The average molecular weight is 242 g/mol. The first-order chi connectivity index (χ1) is 8.12. The van der Waals surface area contributed by atoms with E-state index in [1.807, 2.05) is 6.92 Å². The standard InChI is InChI=1S/C13H26N2O2/c1-4-6-11(2)15-12(16)9-14-10-13(17-3)7-5-8-13/h11,14H,4-10H2,1-3H3,(H,15,16). The first kappa shape index (κ1) is 14.5. The van der Waals surface area contributed by atoms with Crippen molar-refractivity contribution in [2.24, 2.45) is 0 Å². The van der Waals surface area contributed by atoms with Crippen LogP contribution >= 0.6 is 0 Å². The third-order valence-electron chi connectivity index (χ3n) is 3.56. The molecule has 0 bridgehead atoms. The number of methoxy groups -OCH3 is 1. The summed E-state index contributed by atoms with van der Waals surface area (Å²) in [6, 6.07) is 0.273. The van der Waals surface area contributed by atoms with Crippen LogP contribution in [0.15, 0.2) is 0 Å². The largest absolute Gasteiger partial charge is 0.377 e. The lowest BCUT2D eigenvalue weighted by Gasteiger charge is -2.40. The van der Waals surface area contributed by atoms with Crippen molar-refractivity contribution in [2.45, 2.75) is 57.6 Å². The number of nitrogens with one attached hydrogen (secondary N) is 2. The summed E-state index contributed by atoms with van der Waals surface area (Å²) in [6.07, 6.45) is 5.57. The molecule has 0 heterocycles. The van der Waals surface area contributed by atoms with E-state index in [0.717, 1.165) is 32.2 Å². The Hall–Kier alpha value is -0.610. The fourth-order valence-corrected chi connectivity index (χ4v) is 2.26. The Morgan fingerprint density at radius 3 is 2.65 bits per heavy atom. The molecule has 0 aliphatic heterocycles. The van der Waals surface area contributed by atoms with Gasteiger partial charge in [-0.1, -0.05) is 13.3 Å². The molecule has 0 spiro atoms. The van der Waals surface area contributed by atoms with Crippen molar-refractivity contribution >= 4 is 5.91 Å². The van der Waals surface area contributed by atoms with Crippen molar-refractivity contribution < 1.29 is 9.53 Å². The van der Waals surface area contributed by atoms with Crippen LogP contribution in [0.2, 0.25) is 0 Å². The minimum absolute atomic E-state index is 0.00465. The van der Waals surface area contributed by atoms with Crippen LogP contribution in [0, 0.1) is 0 Å². The highest BCUT2D eigenvalue weighted by Gasteiger charge is 2.36. The Bertz CT molecular complexity index is 234. The molecule has 0 aromatic rings. The lowest BCUT2D eigenvalue weighted by atomic mass is 9.80. The zero-order chi connectivity index (χ0) is 12.7. The van der Waals surface area contributed by atoms with E-state index in [9.17, 15) is 4.79 Å². The van der Waals surface area contributed by atoms with Gasteiger partial charge < -0.3 is 15.4 Å². The van der Waals surface area contributed by atoms with Gasteiger partial charge in [0.15, 0.2) is 0 Å². The molecule has 1 amide bonds. The van der Waals surface area contributed by atoms with Gasteiger partial charge in [0, 0.05) is 19.7 Å². The molecule has 1 unspecified atom stereocenters. The van der Waals surface area contributed by atoms with Crippen molar-refractivity contribution in [3.8, 4) is 0 Å². The second-order valence-corrected chi connectivity index (χ2v) is 5.10. The van der Waals surface area contributed by atoms with Gasteiger partial charge in [0.1, 0.15) is 0 Å². The normalized spacial score (nSPS) is 19.5. The van der Waals surface area contributed by atoms with Gasteiger partial charge in [-0.3, -0.25) is 4.79 Å². The fraction of sp³-hybridized carbons (Fsp3) is 0.923. The number of carbonyl (C=O) groups excluding carboxylic acids is 1. The number of rotatable bonds is 8. The number of ether oxygens (including phenoxy) is 1. The number of hydrogen-bond acceptors (Lipinski definition) is 3. The minimum Gasteiger partial charge on any atom is -0.377 e. The molecule has 100 valence electrons. The zero-order valence-corrected chi connectivity index (χ0v) is 11.3. The molecular weight excluding hydrogens is 216 g/mol. The van der Waals surface area contributed by atoms with E-state index in [-0.39, 0.29) is 17.6 Å². The summed E-state index contributed by atoms with van der Waals surface area (Å²) < 4.78 is 5.48. The van der Waals surface area contributed by atoms with Crippen LogP contribution in [0.4, 0.5) is 0 Å². The Morgan fingerprint density at radius 1 is 1.47 bits per heavy atom. The van der Waals surface area contributed by atoms with Crippen molar-refractivity contribution in [2.75, 3.05) is 20.2 Å². The van der Waals surface area contributed by atoms with Gasteiger partial charge in [-0.15, -0.1) is 0 Å². The Morgan fingerprint density at radius 2 is 2.18 bits per heavy atom. The van der Waals surface area contributed by atoms with Crippen molar-refractivity contribution in [3.05, 3.63) is 0 Å². The zero-order valence-electron chi connectivity index (χ0n) is 11.3. The van der Waals surface area contributed by atoms with E-state index < -0.39 is 0 Å². The van der Waals surface area contributed by atoms with E-state index >= 15 is 0 Å². The number of carbonyl (C=O) groups is 1. The quantitative estimate of drug-likeness (QED) is 0.677. The van der Waals surface area contributed by atoms with E-state index in [0.29, 0.717) is 6.54 Å². The molecule has 0 saturated heterocycles. The van der Waals surface area contributed by atoms with Crippen LogP contribution in [-0.4, -0.2) is 37.7 Å². The second-order valence-electron chi connectivity index (χ2n) is 5.10. The van der Waals surface area contributed by atoms with Crippen molar-refractivity contribution in [1.29, 1.82) is 0 Å². The first-order valence-electron chi connectivity index (χ1n) is 6.67. The molecule has 0 radical (unpaired) electrons. The van der Waals surface area contributed by atoms with E-state index in [2.05, 4.69) is 17.6 Å².